The molecule has 1 rings (SSSR count). The molecule has 0 bridgehead atoms. The minimum absolute atomic E-state index is 0.0218. The molecule has 90 valence electrons. The van der Waals surface area contributed by atoms with Crippen LogP contribution in [0, 0.1) is 5.82 Å². The molecular weight excluding hydrogens is 235 g/mol. The largest absolute Gasteiger partial charge is 0.388 e. The first kappa shape index (κ1) is 13.1. The molecule has 0 radical (unpaired) electrons. The van der Waals surface area contributed by atoms with E-state index in [-0.39, 0.29) is 18.6 Å². The second-order valence-electron chi connectivity index (χ2n) is 3.35. The zero-order valence-electron chi connectivity index (χ0n) is 8.76. The minimum Gasteiger partial charge on any atom is -0.388 e. The van der Waals surface area contributed by atoms with Gasteiger partial charge in [0.15, 0.2) is 0 Å². The molecule has 1 N–H and O–H groups in total. The van der Waals surface area contributed by atoms with Crippen molar-refractivity contribution in [1.29, 1.82) is 0 Å². The van der Waals surface area contributed by atoms with Gasteiger partial charge < -0.3 is 5.11 Å². The van der Waals surface area contributed by atoms with Gasteiger partial charge >= 0.3 is 0 Å². The van der Waals surface area contributed by atoms with Crippen LogP contribution in [0.2, 0.25) is 0 Å². The standard InChI is InChI=1S/C10H13FO4S/c1-16(13,14)15-7-6-10(12)8-4-2-3-5-9(8)11/h2-5,10,12H,6-7H2,1H3. The van der Waals surface area contributed by atoms with E-state index in [1.165, 1.54) is 18.2 Å². The van der Waals surface area contributed by atoms with Crippen LogP contribution in [-0.4, -0.2) is 26.4 Å². The van der Waals surface area contributed by atoms with Gasteiger partial charge in [-0.3, -0.25) is 4.18 Å². The number of hydrogen-bond acceptors (Lipinski definition) is 4. The zero-order chi connectivity index (χ0) is 12.2. The average Bonchev–Trinajstić information content (AvgIpc) is 2.16. The van der Waals surface area contributed by atoms with E-state index in [1.54, 1.807) is 6.07 Å². The van der Waals surface area contributed by atoms with Crippen LogP contribution in [0.4, 0.5) is 4.39 Å². The van der Waals surface area contributed by atoms with Crippen molar-refractivity contribution in [1.82, 2.24) is 0 Å². The maximum absolute atomic E-state index is 13.2. The highest BCUT2D eigenvalue weighted by atomic mass is 32.2. The van der Waals surface area contributed by atoms with Gasteiger partial charge in [-0.15, -0.1) is 0 Å². The lowest BCUT2D eigenvalue weighted by Crippen LogP contribution is -2.09. The third kappa shape index (κ3) is 4.26. The topological polar surface area (TPSA) is 63.6 Å². The van der Waals surface area contributed by atoms with Crippen molar-refractivity contribution in [2.45, 2.75) is 12.5 Å². The van der Waals surface area contributed by atoms with Gasteiger partial charge in [0.1, 0.15) is 5.82 Å². The van der Waals surface area contributed by atoms with Gasteiger partial charge in [0.05, 0.1) is 19.0 Å². The summed E-state index contributed by atoms with van der Waals surface area (Å²) in [5.41, 5.74) is 0.139. The summed E-state index contributed by atoms with van der Waals surface area (Å²) >= 11 is 0. The number of halogens is 1. The number of aliphatic hydroxyl groups excluding tert-OH is 1. The Hall–Kier alpha value is -0.980. The molecule has 1 unspecified atom stereocenters. The van der Waals surface area contributed by atoms with Crippen molar-refractivity contribution in [3.05, 3.63) is 35.6 Å². The highest BCUT2D eigenvalue weighted by molar-refractivity contribution is 7.85. The SMILES string of the molecule is CS(=O)(=O)OCCC(O)c1ccccc1F. The van der Waals surface area contributed by atoms with Gasteiger partial charge in [-0.1, -0.05) is 18.2 Å². The maximum atomic E-state index is 13.2. The Kier molecular flexibility index (Phi) is 4.40. The summed E-state index contributed by atoms with van der Waals surface area (Å²) in [6, 6.07) is 5.79. The first-order valence-electron chi connectivity index (χ1n) is 4.67. The molecule has 0 amide bonds. The Morgan fingerprint density at radius 3 is 2.62 bits per heavy atom. The van der Waals surface area contributed by atoms with E-state index in [4.69, 9.17) is 0 Å². The van der Waals surface area contributed by atoms with Crippen molar-refractivity contribution in [2.75, 3.05) is 12.9 Å². The summed E-state index contributed by atoms with van der Waals surface area (Å²) in [7, 11) is -3.52. The fourth-order valence-electron chi connectivity index (χ4n) is 1.21. The van der Waals surface area contributed by atoms with Crippen LogP contribution in [-0.2, 0) is 14.3 Å². The number of rotatable bonds is 5. The van der Waals surface area contributed by atoms with Gasteiger partial charge in [0, 0.05) is 12.0 Å². The molecule has 0 saturated heterocycles. The summed E-state index contributed by atoms with van der Waals surface area (Å²) < 4.78 is 38.9. The molecule has 1 aromatic rings. The zero-order valence-corrected chi connectivity index (χ0v) is 9.58. The first-order chi connectivity index (χ1) is 7.40. The van der Waals surface area contributed by atoms with Crippen molar-refractivity contribution < 1.29 is 22.1 Å². The van der Waals surface area contributed by atoms with Crippen molar-refractivity contribution in [3.63, 3.8) is 0 Å². The van der Waals surface area contributed by atoms with Crippen LogP contribution in [0.5, 0.6) is 0 Å². The van der Waals surface area contributed by atoms with Gasteiger partial charge in [0.25, 0.3) is 10.1 Å². The van der Waals surface area contributed by atoms with Gasteiger partial charge in [0.2, 0.25) is 0 Å². The third-order valence-electron chi connectivity index (χ3n) is 1.95. The van der Waals surface area contributed by atoms with E-state index >= 15 is 0 Å². The molecule has 0 aliphatic heterocycles. The van der Waals surface area contributed by atoms with Crippen LogP contribution in [0.15, 0.2) is 24.3 Å². The highest BCUT2D eigenvalue weighted by Gasteiger charge is 2.13. The molecule has 0 saturated carbocycles. The monoisotopic (exact) mass is 248 g/mol. The number of benzene rings is 1. The van der Waals surface area contributed by atoms with Crippen LogP contribution >= 0.6 is 0 Å². The second-order valence-corrected chi connectivity index (χ2v) is 5.00. The van der Waals surface area contributed by atoms with E-state index in [9.17, 15) is 17.9 Å². The lowest BCUT2D eigenvalue weighted by molar-refractivity contribution is 0.139. The van der Waals surface area contributed by atoms with E-state index in [0.717, 1.165) is 6.26 Å². The molecule has 1 aromatic carbocycles. The summed E-state index contributed by atoms with van der Waals surface area (Å²) in [6.07, 6.45) is -0.126. The Bertz CT molecular complexity index is 444. The van der Waals surface area contributed by atoms with Gasteiger partial charge in [-0.2, -0.15) is 8.42 Å². The molecule has 0 heterocycles. The Labute approximate surface area is 93.8 Å². The summed E-state index contributed by atoms with van der Waals surface area (Å²) in [6.45, 7) is -0.172. The molecule has 0 aliphatic carbocycles. The van der Waals surface area contributed by atoms with Crippen molar-refractivity contribution in [3.8, 4) is 0 Å². The smallest absolute Gasteiger partial charge is 0.264 e. The predicted octanol–water partition coefficient (Wildman–Crippen LogP) is 1.23. The second kappa shape index (κ2) is 5.38. The Morgan fingerprint density at radius 2 is 2.06 bits per heavy atom. The molecule has 0 spiro atoms. The van der Waals surface area contributed by atoms with Gasteiger partial charge in [-0.05, 0) is 6.07 Å². The van der Waals surface area contributed by atoms with E-state index in [2.05, 4.69) is 4.18 Å². The Balaban J connectivity index is 2.54. The maximum Gasteiger partial charge on any atom is 0.264 e. The fraction of sp³-hybridized carbons (Fsp3) is 0.400. The van der Waals surface area contributed by atoms with E-state index in [1.807, 2.05) is 0 Å². The van der Waals surface area contributed by atoms with Gasteiger partial charge in [-0.25, -0.2) is 4.39 Å². The number of aliphatic hydroxyl groups is 1. The van der Waals surface area contributed by atoms with Crippen LogP contribution < -0.4 is 0 Å². The molecule has 16 heavy (non-hydrogen) atoms. The van der Waals surface area contributed by atoms with E-state index < -0.39 is 22.0 Å². The number of hydrogen-bond donors (Lipinski definition) is 1. The molecule has 4 nitrogen and oxygen atoms in total. The average molecular weight is 248 g/mol. The van der Waals surface area contributed by atoms with Crippen molar-refractivity contribution in [2.24, 2.45) is 0 Å². The van der Waals surface area contributed by atoms with Crippen LogP contribution in [0.25, 0.3) is 0 Å². The molecule has 0 fully saturated rings. The predicted molar refractivity (Wildman–Crippen MR) is 56.8 cm³/mol. The van der Waals surface area contributed by atoms with E-state index in [0.29, 0.717) is 0 Å². The summed E-state index contributed by atoms with van der Waals surface area (Å²) in [5, 5.41) is 9.58. The molecule has 1 atom stereocenters. The van der Waals surface area contributed by atoms with Crippen molar-refractivity contribution >= 4 is 10.1 Å². The first-order valence-corrected chi connectivity index (χ1v) is 6.48. The fourth-order valence-corrected chi connectivity index (χ4v) is 1.61. The van der Waals surface area contributed by atoms with Crippen LogP contribution in [0.3, 0.4) is 0 Å². The summed E-state index contributed by atoms with van der Waals surface area (Å²) in [4.78, 5) is 0. The van der Waals surface area contributed by atoms with Crippen LogP contribution in [0.1, 0.15) is 18.1 Å². The summed E-state index contributed by atoms with van der Waals surface area (Å²) in [5.74, 6) is -0.519. The third-order valence-corrected chi connectivity index (χ3v) is 2.55. The molecule has 6 heteroatoms. The molecular formula is C10H13FO4S. The molecule has 0 aromatic heterocycles. The Morgan fingerprint density at radius 1 is 1.44 bits per heavy atom. The normalized spacial score (nSPS) is 13.7. The molecule has 0 aliphatic rings. The quantitative estimate of drug-likeness (QED) is 0.796. The minimum atomic E-state index is -3.52. The lowest BCUT2D eigenvalue weighted by Gasteiger charge is -2.11. The highest BCUT2D eigenvalue weighted by Crippen LogP contribution is 2.19. The lowest BCUT2D eigenvalue weighted by atomic mass is 10.1.